The van der Waals surface area contributed by atoms with Crippen LogP contribution in [-0.4, -0.2) is 79.8 Å². The highest BCUT2D eigenvalue weighted by molar-refractivity contribution is 5.78. The van der Waals surface area contributed by atoms with E-state index in [9.17, 15) is 71.9 Å². The van der Waals surface area contributed by atoms with Crippen molar-refractivity contribution in [3.8, 4) is 0 Å². The fraction of sp³-hybridized carbons (Fsp3) is 0.765. The SMILES string of the molecule is O=C(O)C(F)(F)C(F)(F)C(F)(F)C(F)(F)C(F)(F)C(F)(F)C(=O)O.O=C(O)CCCCCCCC(=O)O. The molecular formula is C17H18F12O8. The summed E-state index contributed by atoms with van der Waals surface area (Å²) < 4.78 is 152. The molecule has 4 N–H and O–H groups in total. The van der Waals surface area contributed by atoms with E-state index in [4.69, 9.17) is 20.4 Å². The molecule has 0 radical (unpaired) electrons. The second kappa shape index (κ2) is 12.5. The van der Waals surface area contributed by atoms with Crippen molar-refractivity contribution in [3.05, 3.63) is 0 Å². The van der Waals surface area contributed by atoms with Gasteiger partial charge in [0.2, 0.25) is 0 Å². The summed E-state index contributed by atoms with van der Waals surface area (Å²) in [6, 6.07) is 0. The molecule has 0 bridgehead atoms. The predicted molar refractivity (Wildman–Crippen MR) is 92.5 cm³/mol. The van der Waals surface area contributed by atoms with E-state index in [2.05, 4.69) is 0 Å². The molecule has 218 valence electrons. The summed E-state index contributed by atoms with van der Waals surface area (Å²) in [6.45, 7) is 0. The molecule has 0 heterocycles. The molecule has 0 unspecified atom stereocenters. The Hall–Kier alpha value is -2.96. The Morgan fingerprint density at radius 3 is 0.811 bits per heavy atom. The first kappa shape index (κ1) is 36.2. The number of hydrogen-bond donors (Lipinski definition) is 4. The summed E-state index contributed by atoms with van der Waals surface area (Å²) in [5.74, 6) is -55.9. The van der Waals surface area contributed by atoms with Gasteiger partial charge in [-0.1, -0.05) is 19.3 Å². The lowest BCUT2D eigenvalue weighted by atomic mass is 9.91. The van der Waals surface area contributed by atoms with Crippen molar-refractivity contribution >= 4 is 23.9 Å². The number of carboxylic acid groups (broad SMARTS) is 4. The van der Waals surface area contributed by atoms with Crippen molar-refractivity contribution in [3.63, 3.8) is 0 Å². The molecule has 0 aliphatic rings. The molecule has 0 saturated heterocycles. The predicted octanol–water partition coefficient (Wildman–Crippen LogP) is 4.85. The van der Waals surface area contributed by atoms with Crippen molar-refractivity contribution in [1.82, 2.24) is 0 Å². The summed E-state index contributed by atoms with van der Waals surface area (Å²) in [7, 11) is 0. The normalized spacial score (nSPS) is 13.4. The van der Waals surface area contributed by atoms with Gasteiger partial charge in [0.1, 0.15) is 0 Å². The highest BCUT2D eigenvalue weighted by Gasteiger charge is 2.92. The Bertz CT molecular complexity index is 763. The summed E-state index contributed by atoms with van der Waals surface area (Å²) in [5, 5.41) is 31.9. The lowest BCUT2D eigenvalue weighted by Crippen LogP contribution is -2.72. The zero-order chi connectivity index (χ0) is 30.3. The molecule has 0 fully saturated rings. The molecule has 20 heteroatoms. The molecule has 0 saturated carbocycles. The highest BCUT2D eigenvalue weighted by atomic mass is 19.4. The van der Waals surface area contributed by atoms with Crippen molar-refractivity contribution < 1.29 is 92.3 Å². The van der Waals surface area contributed by atoms with E-state index in [1.165, 1.54) is 0 Å². The van der Waals surface area contributed by atoms with Crippen LogP contribution < -0.4 is 0 Å². The first-order valence-electron chi connectivity index (χ1n) is 9.44. The zero-order valence-corrected chi connectivity index (χ0v) is 17.9. The van der Waals surface area contributed by atoms with Crippen LogP contribution in [0.4, 0.5) is 52.7 Å². The average molecular weight is 578 g/mol. The number of aliphatic carboxylic acids is 4. The summed E-state index contributed by atoms with van der Waals surface area (Å²) in [4.78, 5) is 39.7. The second-order valence-corrected chi connectivity index (χ2v) is 7.11. The molecule has 0 amide bonds. The van der Waals surface area contributed by atoms with Crippen LogP contribution in [0.3, 0.4) is 0 Å². The summed E-state index contributed by atoms with van der Waals surface area (Å²) in [6.07, 6.45) is 4.53. The fourth-order valence-corrected chi connectivity index (χ4v) is 2.14. The van der Waals surface area contributed by atoms with Crippen LogP contribution in [0.15, 0.2) is 0 Å². The summed E-state index contributed by atoms with van der Waals surface area (Å²) in [5.41, 5.74) is 0. The van der Waals surface area contributed by atoms with E-state index in [1.807, 2.05) is 0 Å². The topological polar surface area (TPSA) is 149 Å². The lowest BCUT2D eigenvalue weighted by molar-refractivity contribution is -0.417. The second-order valence-electron chi connectivity index (χ2n) is 7.11. The Morgan fingerprint density at radius 2 is 0.622 bits per heavy atom. The van der Waals surface area contributed by atoms with E-state index in [-0.39, 0.29) is 12.8 Å². The van der Waals surface area contributed by atoms with E-state index < -0.39 is 59.4 Å². The molecule has 0 aromatic heterocycles. The molecule has 37 heavy (non-hydrogen) atoms. The van der Waals surface area contributed by atoms with Gasteiger partial charge in [0.25, 0.3) is 0 Å². The van der Waals surface area contributed by atoms with Crippen molar-refractivity contribution in [1.29, 1.82) is 0 Å². The average Bonchev–Trinajstić information content (AvgIpc) is 2.72. The maximum absolute atomic E-state index is 12.9. The van der Waals surface area contributed by atoms with E-state index in [0.717, 1.165) is 19.3 Å². The maximum Gasteiger partial charge on any atom is 0.410 e. The molecule has 0 aromatic carbocycles. The lowest BCUT2D eigenvalue weighted by Gasteiger charge is -2.39. The van der Waals surface area contributed by atoms with Gasteiger partial charge in [-0.3, -0.25) is 9.59 Å². The number of unbranched alkanes of at least 4 members (excludes halogenated alkanes) is 4. The van der Waals surface area contributed by atoms with Crippen molar-refractivity contribution in [2.75, 3.05) is 0 Å². The quantitative estimate of drug-likeness (QED) is 0.159. The van der Waals surface area contributed by atoms with Crippen LogP contribution in [0, 0.1) is 0 Å². The number of alkyl halides is 12. The van der Waals surface area contributed by atoms with Gasteiger partial charge in [-0.15, -0.1) is 0 Å². The van der Waals surface area contributed by atoms with Gasteiger partial charge >= 0.3 is 59.4 Å². The third kappa shape index (κ3) is 7.76. The van der Waals surface area contributed by atoms with Gasteiger partial charge in [-0.05, 0) is 12.8 Å². The number of rotatable bonds is 15. The molecule has 0 aliphatic heterocycles. The van der Waals surface area contributed by atoms with Gasteiger partial charge < -0.3 is 20.4 Å². The summed E-state index contributed by atoms with van der Waals surface area (Å²) >= 11 is 0. The van der Waals surface area contributed by atoms with Crippen LogP contribution in [0.1, 0.15) is 44.9 Å². The minimum Gasteiger partial charge on any atom is -0.481 e. The van der Waals surface area contributed by atoms with Crippen molar-refractivity contribution in [2.45, 2.75) is 80.5 Å². The minimum atomic E-state index is -8.11. The Balaban J connectivity index is 0. The fourth-order valence-electron chi connectivity index (χ4n) is 2.14. The minimum absolute atomic E-state index is 0.221. The van der Waals surface area contributed by atoms with Crippen LogP contribution in [0.5, 0.6) is 0 Å². The van der Waals surface area contributed by atoms with E-state index in [0.29, 0.717) is 12.8 Å². The molecule has 8 nitrogen and oxygen atoms in total. The smallest absolute Gasteiger partial charge is 0.410 e. The van der Waals surface area contributed by atoms with Crippen LogP contribution in [-0.2, 0) is 19.2 Å². The number of carboxylic acids is 4. The van der Waals surface area contributed by atoms with E-state index >= 15 is 0 Å². The van der Waals surface area contributed by atoms with Gasteiger partial charge in [0.05, 0.1) is 0 Å². The van der Waals surface area contributed by atoms with Crippen molar-refractivity contribution in [2.24, 2.45) is 0 Å². The highest BCUT2D eigenvalue weighted by Crippen LogP contribution is 2.60. The first-order valence-corrected chi connectivity index (χ1v) is 9.44. The first-order chi connectivity index (χ1) is 16.3. The zero-order valence-electron chi connectivity index (χ0n) is 17.9. The number of carbonyl (C=O) groups is 4. The molecule has 0 atom stereocenters. The molecule has 0 aromatic rings. The molecular weight excluding hydrogens is 560 g/mol. The Morgan fingerprint density at radius 1 is 0.405 bits per heavy atom. The van der Waals surface area contributed by atoms with Crippen LogP contribution >= 0.6 is 0 Å². The van der Waals surface area contributed by atoms with Gasteiger partial charge in [-0.2, -0.15) is 52.7 Å². The van der Waals surface area contributed by atoms with Gasteiger partial charge in [-0.25, -0.2) is 9.59 Å². The van der Waals surface area contributed by atoms with E-state index in [1.54, 1.807) is 0 Å². The van der Waals surface area contributed by atoms with Gasteiger partial charge in [0.15, 0.2) is 0 Å². The monoisotopic (exact) mass is 578 g/mol. The third-order valence-electron chi connectivity index (χ3n) is 4.29. The Kier molecular flexibility index (Phi) is 12.3. The number of halogens is 12. The van der Waals surface area contributed by atoms with Crippen LogP contribution in [0.25, 0.3) is 0 Å². The third-order valence-corrected chi connectivity index (χ3v) is 4.29. The number of hydrogen-bond acceptors (Lipinski definition) is 4. The molecule has 0 spiro atoms. The maximum atomic E-state index is 12.9. The van der Waals surface area contributed by atoms with Crippen LogP contribution in [0.2, 0.25) is 0 Å². The standard InChI is InChI=1S/C9H16O4.C8H2F12O4/c10-8(11)6-4-2-1-3-5-7-9(12)13;9-3(10,1(21)22)5(13,14)7(17,18)8(19,20)6(15,16)4(11,12)2(23)24/h1-7H2,(H,10,11)(H,12,13);(H,21,22)(H,23,24). The molecule has 0 aliphatic carbocycles. The van der Waals surface area contributed by atoms with Gasteiger partial charge in [0, 0.05) is 12.8 Å². The Labute approximate surface area is 197 Å². The largest absolute Gasteiger partial charge is 0.481 e. The molecule has 0 rings (SSSR count).